The Morgan fingerprint density at radius 2 is 1.70 bits per heavy atom. The minimum absolute atomic E-state index is 0.184. The van der Waals surface area contributed by atoms with Gasteiger partial charge in [0.15, 0.2) is 11.9 Å². The van der Waals surface area contributed by atoms with Crippen LogP contribution in [0.3, 0.4) is 0 Å². The third-order valence-corrected chi connectivity index (χ3v) is 7.94. The molecule has 0 aliphatic carbocycles. The number of hydrogen-bond donors (Lipinski definition) is 1. The Morgan fingerprint density at radius 1 is 1.05 bits per heavy atom. The summed E-state index contributed by atoms with van der Waals surface area (Å²) in [5.41, 5.74) is 1.12. The lowest BCUT2D eigenvalue weighted by Gasteiger charge is -2.21. The number of carbonyl (C=O) groups is 1. The summed E-state index contributed by atoms with van der Waals surface area (Å²) >= 11 is 1.28. The first-order chi connectivity index (χ1) is 18.9. The Hall–Kier alpha value is -3.99. The van der Waals surface area contributed by atoms with Crippen LogP contribution in [-0.2, 0) is 18.0 Å². The fourth-order valence-electron chi connectivity index (χ4n) is 4.14. The molecule has 1 heterocycles. The van der Waals surface area contributed by atoms with Crippen molar-refractivity contribution in [1.82, 2.24) is 14.3 Å². The van der Waals surface area contributed by atoms with E-state index in [0.29, 0.717) is 17.7 Å². The lowest BCUT2D eigenvalue weighted by atomic mass is 10.1. The zero-order valence-electron chi connectivity index (χ0n) is 22.3. The normalized spacial score (nSPS) is 13.2. The topological polar surface area (TPSA) is 86.4 Å². The number of ether oxygens (including phenoxy) is 1. The van der Waals surface area contributed by atoms with Gasteiger partial charge in [0.05, 0.1) is 11.3 Å². The van der Waals surface area contributed by atoms with E-state index < -0.39 is 34.8 Å². The summed E-state index contributed by atoms with van der Waals surface area (Å²) in [7, 11) is 1.53. The van der Waals surface area contributed by atoms with Gasteiger partial charge < -0.3 is 9.84 Å². The fraction of sp³-hybridized carbons (Fsp3) is 0.276. The summed E-state index contributed by atoms with van der Waals surface area (Å²) in [6, 6.07) is 17.1. The van der Waals surface area contributed by atoms with Crippen molar-refractivity contribution in [2.24, 2.45) is 7.05 Å². The maximum absolute atomic E-state index is 13.1. The van der Waals surface area contributed by atoms with Crippen molar-refractivity contribution in [3.05, 3.63) is 105 Å². The Bertz CT molecular complexity index is 1560. The molecule has 11 heteroatoms. The van der Waals surface area contributed by atoms with Crippen LogP contribution in [0.4, 0.5) is 13.2 Å². The Kier molecular flexibility index (Phi) is 8.43. The molecule has 7 nitrogen and oxygen atoms in total. The number of nitrogens with zero attached hydrogens (tertiary/aromatic N) is 3. The van der Waals surface area contributed by atoms with E-state index in [0.717, 1.165) is 32.8 Å². The molecule has 0 saturated carbocycles. The molecule has 0 radical (unpaired) electrons. The number of aliphatic carboxylic acids is 1. The van der Waals surface area contributed by atoms with E-state index in [2.05, 4.69) is 5.10 Å². The molecule has 0 spiro atoms. The van der Waals surface area contributed by atoms with Crippen molar-refractivity contribution >= 4 is 17.7 Å². The van der Waals surface area contributed by atoms with Crippen molar-refractivity contribution in [3.8, 4) is 11.4 Å². The van der Waals surface area contributed by atoms with Crippen LogP contribution in [0.2, 0.25) is 0 Å². The number of benzene rings is 3. The monoisotopic (exact) mass is 571 g/mol. The molecule has 210 valence electrons. The van der Waals surface area contributed by atoms with Crippen LogP contribution in [-0.4, -0.2) is 30.7 Å². The molecule has 0 aliphatic rings. The molecule has 0 fully saturated rings. The van der Waals surface area contributed by atoms with Crippen LogP contribution in [0.5, 0.6) is 5.75 Å². The summed E-state index contributed by atoms with van der Waals surface area (Å²) in [6.07, 6.45) is -4.85. The van der Waals surface area contributed by atoms with Gasteiger partial charge in [-0.3, -0.25) is 9.36 Å². The maximum atomic E-state index is 13.1. The number of carboxylic acid groups (broad SMARTS) is 1. The SMILES string of the molecule is CCC(Sc1cc(C)c(OC(c2ccccc2)c2nn(-c3ccc(C(F)(F)F)cc3)c(=O)n2C)cc1C)C(=O)O. The van der Waals surface area contributed by atoms with Crippen LogP contribution in [0.1, 0.15) is 47.5 Å². The highest BCUT2D eigenvalue weighted by Crippen LogP contribution is 2.36. The Morgan fingerprint density at radius 3 is 2.27 bits per heavy atom. The van der Waals surface area contributed by atoms with Gasteiger partial charge in [0.2, 0.25) is 0 Å². The quantitative estimate of drug-likeness (QED) is 0.236. The lowest BCUT2D eigenvalue weighted by Crippen LogP contribution is -2.23. The number of carboxylic acids is 1. The smallest absolute Gasteiger partial charge is 0.416 e. The summed E-state index contributed by atoms with van der Waals surface area (Å²) in [5.74, 6) is -0.0993. The number of aromatic nitrogens is 3. The first kappa shape index (κ1) is 29.0. The van der Waals surface area contributed by atoms with E-state index in [1.54, 1.807) is 0 Å². The van der Waals surface area contributed by atoms with Crippen LogP contribution >= 0.6 is 11.8 Å². The molecule has 1 aromatic heterocycles. The van der Waals surface area contributed by atoms with E-state index in [1.165, 1.54) is 35.5 Å². The first-order valence-corrected chi connectivity index (χ1v) is 13.3. The molecule has 0 saturated heterocycles. The number of aryl methyl sites for hydroxylation is 2. The first-order valence-electron chi connectivity index (χ1n) is 12.5. The fourth-order valence-corrected chi connectivity index (χ4v) is 5.21. The van der Waals surface area contributed by atoms with E-state index in [-0.39, 0.29) is 11.5 Å². The van der Waals surface area contributed by atoms with Crippen LogP contribution in [0, 0.1) is 13.8 Å². The maximum Gasteiger partial charge on any atom is 0.416 e. The Balaban J connectivity index is 1.74. The minimum Gasteiger partial charge on any atom is -0.480 e. The molecular formula is C29H28F3N3O4S. The second kappa shape index (κ2) is 11.6. The van der Waals surface area contributed by atoms with Gasteiger partial charge in [0.1, 0.15) is 11.0 Å². The van der Waals surface area contributed by atoms with Crippen molar-refractivity contribution in [2.75, 3.05) is 0 Å². The lowest BCUT2D eigenvalue weighted by molar-refractivity contribution is -0.138. The summed E-state index contributed by atoms with van der Waals surface area (Å²) in [5, 5.41) is 13.4. The van der Waals surface area contributed by atoms with Crippen molar-refractivity contribution < 1.29 is 27.8 Å². The van der Waals surface area contributed by atoms with E-state index in [9.17, 15) is 27.9 Å². The van der Waals surface area contributed by atoms with Gasteiger partial charge in [-0.05, 0) is 67.8 Å². The molecular weight excluding hydrogens is 543 g/mol. The highest BCUT2D eigenvalue weighted by molar-refractivity contribution is 8.00. The Labute approximate surface area is 233 Å². The van der Waals surface area contributed by atoms with Crippen LogP contribution in [0.15, 0.2) is 76.4 Å². The van der Waals surface area contributed by atoms with Crippen LogP contribution in [0.25, 0.3) is 5.69 Å². The van der Waals surface area contributed by atoms with Gasteiger partial charge in [-0.15, -0.1) is 16.9 Å². The van der Waals surface area contributed by atoms with Crippen molar-refractivity contribution in [1.29, 1.82) is 0 Å². The molecule has 0 aliphatic heterocycles. The van der Waals surface area contributed by atoms with E-state index in [1.807, 2.05) is 63.2 Å². The van der Waals surface area contributed by atoms with Gasteiger partial charge in [-0.1, -0.05) is 37.3 Å². The summed E-state index contributed by atoms with van der Waals surface area (Å²) < 4.78 is 47.9. The average molecular weight is 572 g/mol. The molecule has 2 unspecified atom stereocenters. The zero-order valence-corrected chi connectivity index (χ0v) is 23.1. The van der Waals surface area contributed by atoms with Crippen molar-refractivity contribution in [3.63, 3.8) is 0 Å². The number of hydrogen-bond acceptors (Lipinski definition) is 5. The second-order valence-electron chi connectivity index (χ2n) is 9.30. The molecule has 4 rings (SSSR count). The van der Waals surface area contributed by atoms with Crippen LogP contribution < -0.4 is 10.4 Å². The molecule has 4 aromatic rings. The standard InChI is InChI=1S/C29H28F3N3O4S/c1-5-23(27(36)37)40-24-16-17(2)22(15-18(24)3)39-25(19-9-7-6-8-10-19)26-33-35(28(38)34(26)4)21-13-11-20(12-14-21)29(30,31)32/h6-16,23,25H,5H2,1-4H3,(H,36,37). The highest BCUT2D eigenvalue weighted by Gasteiger charge is 2.31. The molecule has 3 aromatic carbocycles. The number of rotatable bonds is 9. The molecule has 1 N–H and O–H groups in total. The molecule has 40 heavy (non-hydrogen) atoms. The third-order valence-electron chi connectivity index (χ3n) is 6.42. The molecule has 0 bridgehead atoms. The molecule has 0 amide bonds. The third kappa shape index (κ3) is 6.09. The number of thioether (sulfide) groups is 1. The zero-order chi connectivity index (χ0) is 29.2. The molecule has 2 atom stereocenters. The predicted octanol–water partition coefficient (Wildman–Crippen LogP) is 6.33. The highest BCUT2D eigenvalue weighted by atomic mass is 32.2. The number of alkyl halides is 3. The summed E-state index contributed by atoms with van der Waals surface area (Å²) in [4.78, 5) is 25.5. The predicted molar refractivity (Wildman–Crippen MR) is 146 cm³/mol. The van der Waals surface area contributed by atoms with E-state index >= 15 is 0 Å². The van der Waals surface area contributed by atoms with Gasteiger partial charge in [0, 0.05) is 17.5 Å². The van der Waals surface area contributed by atoms with E-state index in [4.69, 9.17) is 4.74 Å². The minimum atomic E-state index is -4.50. The summed E-state index contributed by atoms with van der Waals surface area (Å²) in [6.45, 7) is 5.54. The van der Waals surface area contributed by atoms with Gasteiger partial charge in [0.25, 0.3) is 0 Å². The van der Waals surface area contributed by atoms with Gasteiger partial charge in [-0.2, -0.15) is 17.9 Å². The number of halogens is 3. The average Bonchev–Trinajstić information content (AvgIpc) is 3.21. The second-order valence-corrected chi connectivity index (χ2v) is 10.5. The largest absolute Gasteiger partial charge is 0.480 e. The van der Waals surface area contributed by atoms with Gasteiger partial charge in [-0.25, -0.2) is 4.79 Å². The van der Waals surface area contributed by atoms with Gasteiger partial charge >= 0.3 is 17.8 Å². The van der Waals surface area contributed by atoms with Crippen molar-refractivity contribution in [2.45, 2.75) is 49.6 Å².